The lowest BCUT2D eigenvalue weighted by Crippen LogP contribution is -2.30. The molecule has 112 valence electrons. The van der Waals surface area contributed by atoms with Crippen molar-refractivity contribution in [1.29, 1.82) is 0 Å². The van der Waals surface area contributed by atoms with Gasteiger partial charge in [-0.3, -0.25) is 0 Å². The second-order valence-electron chi connectivity index (χ2n) is 5.36. The van der Waals surface area contributed by atoms with E-state index >= 15 is 0 Å². The largest absolute Gasteiger partial charge is 0.492 e. The normalized spacial score (nSPS) is 10.7. The highest BCUT2D eigenvalue weighted by Crippen LogP contribution is 2.29. The maximum absolute atomic E-state index is 5.96. The topological polar surface area (TPSA) is 38.5 Å². The van der Waals surface area contributed by atoms with E-state index in [1.807, 2.05) is 25.1 Å². The molecule has 0 bridgehead atoms. The van der Waals surface area contributed by atoms with Gasteiger partial charge in [-0.2, -0.15) is 0 Å². The van der Waals surface area contributed by atoms with E-state index in [-0.39, 0.29) is 0 Å². The first-order valence-electron chi connectivity index (χ1n) is 7.44. The van der Waals surface area contributed by atoms with E-state index in [1.165, 1.54) is 5.56 Å². The van der Waals surface area contributed by atoms with Crippen LogP contribution in [0.5, 0.6) is 5.75 Å². The molecule has 0 aliphatic carbocycles. The van der Waals surface area contributed by atoms with Crippen LogP contribution in [-0.2, 0) is 6.54 Å². The quantitative estimate of drug-likeness (QED) is 0.812. The lowest BCUT2D eigenvalue weighted by atomic mass is 10.1. The molecule has 0 saturated carbocycles. The lowest BCUT2D eigenvalue weighted by molar-refractivity contribution is 0.342. The van der Waals surface area contributed by atoms with Gasteiger partial charge in [-0.1, -0.05) is 30.3 Å². The van der Waals surface area contributed by atoms with Gasteiger partial charge in [0.05, 0.1) is 12.3 Å². The van der Waals surface area contributed by atoms with Crippen molar-refractivity contribution in [2.75, 3.05) is 17.2 Å². The van der Waals surface area contributed by atoms with E-state index in [1.54, 1.807) is 0 Å². The summed E-state index contributed by atoms with van der Waals surface area (Å²) in [4.78, 5) is 2.34. The molecule has 0 saturated heterocycles. The first-order valence-corrected chi connectivity index (χ1v) is 7.44. The fraction of sp³-hybridized carbons (Fsp3) is 0.333. The van der Waals surface area contributed by atoms with Crippen molar-refractivity contribution in [3.05, 3.63) is 54.1 Å². The van der Waals surface area contributed by atoms with Gasteiger partial charge < -0.3 is 15.4 Å². The molecule has 0 heterocycles. The Hall–Kier alpha value is -2.16. The number of nitrogens with two attached hydrogens (primary N) is 1. The van der Waals surface area contributed by atoms with Gasteiger partial charge in [0.25, 0.3) is 0 Å². The van der Waals surface area contributed by atoms with Crippen LogP contribution in [0, 0.1) is 0 Å². The molecule has 2 rings (SSSR count). The number of nitrogen functional groups attached to an aromatic ring is 1. The van der Waals surface area contributed by atoms with Gasteiger partial charge in [-0.05, 0) is 38.5 Å². The van der Waals surface area contributed by atoms with Gasteiger partial charge in [0.1, 0.15) is 5.75 Å². The average molecular weight is 284 g/mol. The zero-order chi connectivity index (χ0) is 15.2. The third-order valence-corrected chi connectivity index (χ3v) is 3.45. The fourth-order valence-electron chi connectivity index (χ4n) is 2.33. The van der Waals surface area contributed by atoms with Gasteiger partial charge in [0, 0.05) is 24.3 Å². The van der Waals surface area contributed by atoms with Crippen molar-refractivity contribution in [1.82, 2.24) is 0 Å². The molecule has 2 aromatic carbocycles. The van der Waals surface area contributed by atoms with Crippen LogP contribution < -0.4 is 15.4 Å². The van der Waals surface area contributed by atoms with Gasteiger partial charge in [0.2, 0.25) is 0 Å². The minimum absolute atomic E-state index is 0.392. The molecule has 0 aliphatic rings. The Balaban J connectivity index is 2.28. The molecule has 0 aromatic heterocycles. The molecule has 0 fully saturated rings. The minimum atomic E-state index is 0.392. The number of hydrogen-bond acceptors (Lipinski definition) is 3. The van der Waals surface area contributed by atoms with E-state index in [0.29, 0.717) is 18.3 Å². The highest BCUT2D eigenvalue weighted by Gasteiger charge is 2.13. The maximum atomic E-state index is 5.96. The van der Waals surface area contributed by atoms with Crippen molar-refractivity contribution in [3.8, 4) is 5.75 Å². The van der Waals surface area contributed by atoms with Crippen molar-refractivity contribution < 1.29 is 4.74 Å². The molecule has 3 nitrogen and oxygen atoms in total. The smallest absolute Gasteiger partial charge is 0.144 e. The van der Waals surface area contributed by atoms with Crippen LogP contribution in [0.4, 0.5) is 11.4 Å². The Morgan fingerprint density at radius 2 is 1.81 bits per heavy atom. The maximum Gasteiger partial charge on any atom is 0.144 e. The third kappa shape index (κ3) is 3.91. The zero-order valence-corrected chi connectivity index (χ0v) is 13.0. The first-order chi connectivity index (χ1) is 10.1. The van der Waals surface area contributed by atoms with E-state index in [4.69, 9.17) is 10.5 Å². The second-order valence-corrected chi connectivity index (χ2v) is 5.36. The second kappa shape index (κ2) is 7.02. The Labute approximate surface area is 127 Å². The van der Waals surface area contributed by atoms with Crippen LogP contribution in [0.25, 0.3) is 0 Å². The Bertz CT molecular complexity index is 567. The number of benzene rings is 2. The molecule has 3 heteroatoms. The standard InChI is InChI=1S/C18H24N2O/c1-4-21-18-12-16(10-11-17(18)19)20(14(2)3)13-15-8-6-5-7-9-15/h5-12,14H,4,13,19H2,1-3H3. The molecule has 0 aliphatic heterocycles. The van der Waals surface area contributed by atoms with Crippen LogP contribution in [-0.4, -0.2) is 12.6 Å². The highest BCUT2D eigenvalue weighted by atomic mass is 16.5. The van der Waals surface area contributed by atoms with E-state index in [2.05, 4.69) is 49.1 Å². The summed E-state index contributed by atoms with van der Waals surface area (Å²) in [5, 5.41) is 0. The summed E-state index contributed by atoms with van der Waals surface area (Å²) in [6.45, 7) is 7.84. The minimum Gasteiger partial charge on any atom is -0.492 e. The van der Waals surface area contributed by atoms with Crippen molar-refractivity contribution in [2.24, 2.45) is 0 Å². The third-order valence-electron chi connectivity index (χ3n) is 3.45. The Morgan fingerprint density at radius 1 is 1.10 bits per heavy atom. The van der Waals surface area contributed by atoms with Crippen LogP contribution >= 0.6 is 0 Å². The van der Waals surface area contributed by atoms with Crippen molar-refractivity contribution in [3.63, 3.8) is 0 Å². The van der Waals surface area contributed by atoms with E-state index in [0.717, 1.165) is 18.0 Å². The predicted octanol–water partition coefficient (Wildman–Crippen LogP) is 4.08. The lowest BCUT2D eigenvalue weighted by Gasteiger charge is -2.29. The molecular weight excluding hydrogens is 260 g/mol. The summed E-state index contributed by atoms with van der Waals surface area (Å²) in [5.74, 6) is 0.758. The molecule has 0 amide bonds. The van der Waals surface area contributed by atoms with Crippen molar-refractivity contribution >= 4 is 11.4 Å². The molecule has 0 spiro atoms. The predicted molar refractivity (Wildman–Crippen MR) is 89.8 cm³/mol. The monoisotopic (exact) mass is 284 g/mol. The van der Waals surface area contributed by atoms with Crippen LogP contribution in [0.2, 0.25) is 0 Å². The SMILES string of the molecule is CCOc1cc(N(Cc2ccccc2)C(C)C)ccc1N. The Kier molecular flexibility index (Phi) is 5.09. The molecule has 0 unspecified atom stereocenters. The number of ether oxygens (including phenoxy) is 1. The van der Waals surface area contributed by atoms with Gasteiger partial charge >= 0.3 is 0 Å². The summed E-state index contributed by atoms with van der Waals surface area (Å²) in [5.41, 5.74) is 9.07. The summed E-state index contributed by atoms with van der Waals surface area (Å²) >= 11 is 0. The average Bonchev–Trinajstić information content (AvgIpc) is 2.48. The first kappa shape index (κ1) is 15.2. The summed E-state index contributed by atoms with van der Waals surface area (Å²) in [7, 11) is 0. The number of anilines is 2. The molecular formula is C18H24N2O. The molecule has 2 N–H and O–H groups in total. The van der Waals surface area contributed by atoms with Gasteiger partial charge in [-0.25, -0.2) is 0 Å². The fourth-order valence-corrected chi connectivity index (χ4v) is 2.33. The van der Waals surface area contributed by atoms with Crippen molar-refractivity contribution in [2.45, 2.75) is 33.4 Å². The zero-order valence-electron chi connectivity index (χ0n) is 13.0. The summed E-state index contributed by atoms with van der Waals surface area (Å²) in [6, 6.07) is 16.9. The summed E-state index contributed by atoms with van der Waals surface area (Å²) < 4.78 is 5.61. The summed E-state index contributed by atoms with van der Waals surface area (Å²) in [6.07, 6.45) is 0. The van der Waals surface area contributed by atoms with Gasteiger partial charge in [0.15, 0.2) is 0 Å². The van der Waals surface area contributed by atoms with Crippen LogP contribution in [0.1, 0.15) is 26.3 Å². The highest BCUT2D eigenvalue weighted by molar-refractivity contribution is 5.62. The number of hydrogen-bond donors (Lipinski definition) is 1. The van der Waals surface area contributed by atoms with E-state index in [9.17, 15) is 0 Å². The number of rotatable bonds is 6. The molecule has 0 atom stereocenters. The molecule has 21 heavy (non-hydrogen) atoms. The number of nitrogens with zero attached hydrogens (tertiary/aromatic N) is 1. The van der Waals surface area contributed by atoms with Crippen LogP contribution in [0.3, 0.4) is 0 Å². The Morgan fingerprint density at radius 3 is 2.43 bits per heavy atom. The molecule has 0 radical (unpaired) electrons. The van der Waals surface area contributed by atoms with Crippen LogP contribution in [0.15, 0.2) is 48.5 Å². The van der Waals surface area contributed by atoms with Gasteiger partial charge in [-0.15, -0.1) is 0 Å². The molecule has 2 aromatic rings. The van der Waals surface area contributed by atoms with E-state index < -0.39 is 0 Å².